The van der Waals surface area contributed by atoms with Crippen molar-refractivity contribution in [2.45, 2.75) is 6.92 Å². The minimum atomic E-state index is 0.775. The van der Waals surface area contributed by atoms with Gasteiger partial charge in [0.25, 0.3) is 0 Å². The molecular formula is C13H15N3O. The zero-order valence-electron chi connectivity index (χ0n) is 10.2. The van der Waals surface area contributed by atoms with Crippen LogP contribution in [0, 0.1) is 6.92 Å². The third kappa shape index (κ3) is 2.53. The highest BCUT2D eigenvalue weighted by atomic mass is 16.5. The molecule has 0 spiro atoms. The van der Waals surface area contributed by atoms with Gasteiger partial charge in [0.2, 0.25) is 0 Å². The Hall–Kier alpha value is -2.10. The van der Waals surface area contributed by atoms with E-state index in [1.165, 1.54) is 0 Å². The lowest BCUT2D eigenvalue weighted by molar-refractivity contribution is 0.416. The molecule has 0 radical (unpaired) electrons. The zero-order valence-corrected chi connectivity index (χ0v) is 10.2. The van der Waals surface area contributed by atoms with Crippen molar-refractivity contribution in [1.29, 1.82) is 0 Å². The van der Waals surface area contributed by atoms with Crippen LogP contribution in [0.1, 0.15) is 11.3 Å². The number of ether oxygens (including phenoxy) is 1. The zero-order chi connectivity index (χ0) is 12.3. The summed E-state index contributed by atoms with van der Waals surface area (Å²) >= 11 is 0. The highest BCUT2D eigenvalue weighted by Gasteiger charge is 2.03. The first-order chi connectivity index (χ1) is 8.20. The van der Waals surface area contributed by atoms with E-state index in [9.17, 15) is 0 Å². The van der Waals surface area contributed by atoms with E-state index < -0.39 is 0 Å². The maximum absolute atomic E-state index is 5.28. The van der Waals surface area contributed by atoms with Crippen molar-refractivity contribution < 1.29 is 4.74 Å². The van der Waals surface area contributed by atoms with Gasteiger partial charge in [0, 0.05) is 13.2 Å². The van der Waals surface area contributed by atoms with Gasteiger partial charge in [-0.1, -0.05) is 12.1 Å². The van der Waals surface area contributed by atoms with E-state index in [-0.39, 0.29) is 0 Å². The van der Waals surface area contributed by atoms with Gasteiger partial charge in [0.05, 0.1) is 25.3 Å². The van der Waals surface area contributed by atoms with Crippen molar-refractivity contribution in [3.63, 3.8) is 0 Å². The van der Waals surface area contributed by atoms with E-state index in [0.717, 1.165) is 22.7 Å². The monoisotopic (exact) mass is 229 g/mol. The molecule has 0 amide bonds. The van der Waals surface area contributed by atoms with Crippen LogP contribution < -0.4 is 4.74 Å². The van der Waals surface area contributed by atoms with Gasteiger partial charge >= 0.3 is 0 Å². The van der Waals surface area contributed by atoms with Crippen LogP contribution in [-0.2, 0) is 7.05 Å². The summed E-state index contributed by atoms with van der Waals surface area (Å²) in [5.74, 6) is 0.775. The number of aromatic nitrogens is 2. The Labute approximate surface area is 101 Å². The number of aryl methyl sites for hydroxylation is 2. The average molecular weight is 229 g/mol. The molecule has 0 bridgehead atoms. The van der Waals surface area contributed by atoms with Crippen molar-refractivity contribution in [1.82, 2.24) is 9.55 Å². The van der Waals surface area contributed by atoms with Gasteiger partial charge in [-0.2, -0.15) is 0 Å². The average Bonchev–Trinajstić information content (AvgIpc) is 2.73. The van der Waals surface area contributed by atoms with Crippen molar-refractivity contribution >= 4 is 11.9 Å². The summed E-state index contributed by atoms with van der Waals surface area (Å²) in [6, 6.07) is 5.86. The standard InChI is InChI=1S/C13H15N3O/c1-10-5-4-6-12(17-3)13(10)14-7-11-8-16(2)9-15-11/h4-9H,1-3H3. The van der Waals surface area contributed by atoms with Gasteiger partial charge in [-0.25, -0.2) is 4.98 Å². The normalized spacial score (nSPS) is 11.0. The van der Waals surface area contributed by atoms with Gasteiger partial charge < -0.3 is 9.30 Å². The molecule has 0 fully saturated rings. The van der Waals surface area contributed by atoms with Gasteiger partial charge in [0.15, 0.2) is 0 Å². The molecule has 17 heavy (non-hydrogen) atoms. The summed E-state index contributed by atoms with van der Waals surface area (Å²) in [7, 11) is 3.58. The van der Waals surface area contributed by atoms with Crippen LogP contribution in [0.25, 0.3) is 0 Å². The van der Waals surface area contributed by atoms with Crippen molar-refractivity contribution in [3.05, 3.63) is 42.0 Å². The Balaban J connectivity index is 2.32. The number of hydrogen-bond donors (Lipinski definition) is 0. The van der Waals surface area contributed by atoms with Gasteiger partial charge in [-0.3, -0.25) is 4.99 Å². The van der Waals surface area contributed by atoms with Gasteiger partial charge in [0.1, 0.15) is 11.4 Å². The highest BCUT2D eigenvalue weighted by Crippen LogP contribution is 2.30. The Morgan fingerprint density at radius 3 is 2.88 bits per heavy atom. The molecule has 4 nitrogen and oxygen atoms in total. The maximum Gasteiger partial charge on any atom is 0.144 e. The van der Waals surface area contributed by atoms with Crippen LogP contribution >= 0.6 is 0 Å². The Morgan fingerprint density at radius 1 is 1.41 bits per heavy atom. The smallest absolute Gasteiger partial charge is 0.144 e. The molecule has 1 aromatic heterocycles. The van der Waals surface area contributed by atoms with E-state index in [1.807, 2.05) is 42.9 Å². The summed E-state index contributed by atoms with van der Waals surface area (Å²) in [5, 5.41) is 0. The second-order valence-electron chi connectivity index (χ2n) is 3.85. The van der Waals surface area contributed by atoms with E-state index in [4.69, 9.17) is 4.74 Å². The van der Waals surface area contributed by atoms with Crippen LogP contribution in [0.5, 0.6) is 5.75 Å². The molecule has 0 N–H and O–H groups in total. The first-order valence-electron chi connectivity index (χ1n) is 5.36. The Morgan fingerprint density at radius 2 is 2.24 bits per heavy atom. The molecule has 0 aliphatic carbocycles. The summed E-state index contributed by atoms with van der Waals surface area (Å²) < 4.78 is 7.17. The second-order valence-corrected chi connectivity index (χ2v) is 3.85. The summed E-state index contributed by atoms with van der Waals surface area (Å²) in [4.78, 5) is 8.62. The van der Waals surface area contributed by atoms with Crippen molar-refractivity contribution in [2.24, 2.45) is 12.0 Å². The summed E-state index contributed by atoms with van der Waals surface area (Å²) in [6.07, 6.45) is 5.40. The molecular weight excluding hydrogens is 214 g/mol. The summed E-state index contributed by atoms with van der Waals surface area (Å²) in [5.41, 5.74) is 2.76. The first kappa shape index (κ1) is 11.4. The fourth-order valence-electron chi connectivity index (χ4n) is 1.59. The largest absolute Gasteiger partial charge is 0.494 e. The molecule has 0 saturated carbocycles. The molecule has 4 heteroatoms. The topological polar surface area (TPSA) is 39.4 Å². The van der Waals surface area contributed by atoms with Crippen LogP contribution in [0.15, 0.2) is 35.7 Å². The van der Waals surface area contributed by atoms with Gasteiger partial charge in [-0.05, 0) is 18.6 Å². The molecule has 88 valence electrons. The van der Waals surface area contributed by atoms with E-state index >= 15 is 0 Å². The fraction of sp³-hybridized carbons (Fsp3) is 0.231. The lowest BCUT2D eigenvalue weighted by atomic mass is 10.2. The molecule has 0 saturated heterocycles. The molecule has 2 aromatic rings. The molecule has 2 rings (SSSR count). The lowest BCUT2D eigenvalue weighted by Gasteiger charge is -2.06. The van der Waals surface area contributed by atoms with Crippen LogP contribution in [-0.4, -0.2) is 22.9 Å². The minimum absolute atomic E-state index is 0.775. The fourth-order valence-corrected chi connectivity index (χ4v) is 1.59. The Kier molecular flexibility index (Phi) is 3.23. The van der Waals surface area contributed by atoms with Gasteiger partial charge in [-0.15, -0.1) is 0 Å². The number of benzene rings is 1. The predicted octanol–water partition coefficient (Wildman–Crippen LogP) is 2.49. The number of aliphatic imine (C=N–C) groups is 1. The number of nitrogens with zero attached hydrogens (tertiary/aromatic N) is 3. The minimum Gasteiger partial charge on any atom is -0.494 e. The number of rotatable bonds is 3. The SMILES string of the molecule is COc1cccc(C)c1N=Cc1cn(C)cn1. The summed E-state index contributed by atoms with van der Waals surface area (Å²) in [6.45, 7) is 2.01. The van der Waals surface area contributed by atoms with Crippen molar-refractivity contribution in [3.8, 4) is 5.75 Å². The number of para-hydroxylation sites is 1. The second kappa shape index (κ2) is 4.82. The van der Waals surface area contributed by atoms with Crippen LogP contribution in [0.2, 0.25) is 0 Å². The quantitative estimate of drug-likeness (QED) is 0.758. The molecule has 0 atom stereocenters. The first-order valence-corrected chi connectivity index (χ1v) is 5.36. The molecule has 0 aliphatic heterocycles. The number of methoxy groups -OCH3 is 1. The third-order valence-corrected chi connectivity index (χ3v) is 2.47. The third-order valence-electron chi connectivity index (χ3n) is 2.47. The van der Waals surface area contributed by atoms with E-state index in [0.29, 0.717) is 0 Å². The molecule has 1 aromatic carbocycles. The maximum atomic E-state index is 5.28. The molecule has 0 aliphatic rings. The molecule has 0 unspecified atom stereocenters. The van der Waals surface area contributed by atoms with E-state index in [1.54, 1.807) is 19.7 Å². The molecule has 1 heterocycles. The number of imidazole rings is 1. The highest BCUT2D eigenvalue weighted by molar-refractivity contribution is 5.80. The predicted molar refractivity (Wildman–Crippen MR) is 68.2 cm³/mol. The van der Waals surface area contributed by atoms with Crippen molar-refractivity contribution in [2.75, 3.05) is 7.11 Å². The van der Waals surface area contributed by atoms with Crippen LogP contribution in [0.4, 0.5) is 5.69 Å². The Bertz CT molecular complexity index is 543. The van der Waals surface area contributed by atoms with E-state index in [2.05, 4.69) is 9.98 Å². The number of hydrogen-bond acceptors (Lipinski definition) is 3. The lowest BCUT2D eigenvalue weighted by Crippen LogP contribution is -1.87. The van der Waals surface area contributed by atoms with Crippen LogP contribution in [0.3, 0.4) is 0 Å².